The van der Waals surface area contributed by atoms with Crippen molar-refractivity contribution in [2.75, 3.05) is 13.7 Å². The molecule has 1 rings (SSSR count). The van der Waals surface area contributed by atoms with Gasteiger partial charge in [0, 0.05) is 12.6 Å². The lowest BCUT2D eigenvalue weighted by Crippen LogP contribution is -2.19. The number of methoxy groups -OCH3 is 1. The molecule has 0 bridgehead atoms. The average molecular weight is 213 g/mol. The van der Waals surface area contributed by atoms with Crippen LogP contribution in [0.3, 0.4) is 0 Å². The van der Waals surface area contributed by atoms with Crippen LogP contribution in [0.15, 0.2) is 0 Å². The highest BCUT2D eigenvalue weighted by Crippen LogP contribution is 2.20. The largest absolute Gasteiger partial charge is 0.469 e. The van der Waals surface area contributed by atoms with Gasteiger partial charge in [0.25, 0.3) is 0 Å². The standard InChI is InChI=1S/C12H23NO2/c1-3-4-5-6-7-10(12(14)15-2)8-11-9-13-11/h10-11,13H,3-9H2,1-2H3. The molecule has 0 aromatic rings. The van der Waals surface area contributed by atoms with Crippen LogP contribution in [-0.4, -0.2) is 25.7 Å². The van der Waals surface area contributed by atoms with Crippen molar-refractivity contribution in [3.8, 4) is 0 Å². The number of esters is 1. The SMILES string of the molecule is CCCCCCC(CC1CN1)C(=O)OC. The summed E-state index contributed by atoms with van der Waals surface area (Å²) in [6, 6.07) is 0.570. The monoisotopic (exact) mass is 213 g/mol. The summed E-state index contributed by atoms with van der Waals surface area (Å²) in [4.78, 5) is 11.5. The highest BCUT2D eigenvalue weighted by Gasteiger charge is 2.28. The smallest absolute Gasteiger partial charge is 0.308 e. The highest BCUT2D eigenvalue weighted by atomic mass is 16.5. The lowest BCUT2D eigenvalue weighted by Gasteiger charge is -2.13. The van der Waals surface area contributed by atoms with E-state index in [1.165, 1.54) is 26.4 Å². The van der Waals surface area contributed by atoms with E-state index in [1.54, 1.807) is 0 Å². The number of carbonyl (C=O) groups excluding carboxylic acids is 1. The van der Waals surface area contributed by atoms with Gasteiger partial charge in [0.1, 0.15) is 0 Å². The third kappa shape index (κ3) is 5.17. The van der Waals surface area contributed by atoms with Gasteiger partial charge in [-0.25, -0.2) is 0 Å². The van der Waals surface area contributed by atoms with Crippen LogP contribution in [-0.2, 0) is 9.53 Å². The maximum atomic E-state index is 11.5. The molecule has 1 aliphatic heterocycles. The Morgan fingerprint density at radius 1 is 1.47 bits per heavy atom. The molecule has 3 nitrogen and oxygen atoms in total. The van der Waals surface area contributed by atoms with Crippen molar-refractivity contribution in [3.05, 3.63) is 0 Å². The van der Waals surface area contributed by atoms with Crippen molar-refractivity contribution in [1.82, 2.24) is 5.32 Å². The molecule has 88 valence electrons. The molecule has 0 amide bonds. The second kappa shape index (κ2) is 6.83. The van der Waals surface area contributed by atoms with Gasteiger partial charge in [0.2, 0.25) is 0 Å². The Bertz CT molecular complexity index is 190. The summed E-state index contributed by atoms with van der Waals surface area (Å²) in [5.74, 6) is 0.0899. The zero-order valence-corrected chi connectivity index (χ0v) is 9.92. The fourth-order valence-electron chi connectivity index (χ4n) is 1.91. The van der Waals surface area contributed by atoms with E-state index in [9.17, 15) is 4.79 Å². The molecule has 0 saturated carbocycles. The zero-order chi connectivity index (χ0) is 11.1. The van der Waals surface area contributed by atoms with Gasteiger partial charge in [-0.15, -0.1) is 0 Å². The fourth-order valence-corrected chi connectivity index (χ4v) is 1.91. The minimum Gasteiger partial charge on any atom is -0.469 e. The molecule has 0 spiro atoms. The molecule has 1 fully saturated rings. The van der Waals surface area contributed by atoms with Crippen LogP contribution in [0.5, 0.6) is 0 Å². The lowest BCUT2D eigenvalue weighted by molar-refractivity contribution is -0.146. The first-order valence-electron chi connectivity index (χ1n) is 6.09. The van der Waals surface area contributed by atoms with Gasteiger partial charge in [-0.05, 0) is 12.8 Å². The first kappa shape index (κ1) is 12.5. The normalized spacial score (nSPS) is 21.1. The van der Waals surface area contributed by atoms with Gasteiger partial charge in [-0.2, -0.15) is 0 Å². The molecular formula is C12H23NO2. The second-order valence-electron chi connectivity index (χ2n) is 4.41. The maximum absolute atomic E-state index is 11.5. The van der Waals surface area contributed by atoms with Crippen LogP contribution < -0.4 is 5.32 Å². The molecule has 0 aromatic heterocycles. The Morgan fingerprint density at radius 3 is 2.73 bits per heavy atom. The van der Waals surface area contributed by atoms with Crippen LogP contribution in [0.2, 0.25) is 0 Å². The van der Waals surface area contributed by atoms with Crippen LogP contribution in [0, 0.1) is 5.92 Å². The third-order valence-electron chi connectivity index (χ3n) is 3.00. The summed E-state index contributed by atoms with van der Waals surface area (Å²) in [5, 5.41) is 3.24. The van der Waals surface area contributed by atoms with Crippen LogP contribution in [0.4, 0.5) is 0 Å². The summed E-state index contributed by atoms with van der Waals surface area (Å²) in [6.45, 7) is 3.27. The average Bonchev–Trinajstić information content (AvgIpc) is 3.05. The molecule has 15 heavy (non-hydrogen) atoms. The third-order valence-corrected chi connectivity index (χ3v) is 3.00. The van der Waals surface area contributed by atoms with Crippen molar-refractivity contribution in [1.29, 1.82) is 0 Å². The summed E-state index contributed by atoms with van der Waals surface area (Å²) in [5.41, 5.74) is 0. The van der Waals surface area contributed by atoms with E-state index >= 15 is 0 Å². The van der Waals surface area contributed by atoms with Gasteiger partial charge >= 0.3 is 5.97 Å². The quantitative estimate of drug-likeness (QED) is 0.381. The minimum absolute atomic E-state index is 0.0276. The van der Waals surface area contributed by atoms with Crippen molar-refractivity contribution < 1.29 is 9.53 Å². The molecule has 2 atom stereocenters. The van der Waals surface area contributed by atoms with E-state index in [1.807, 2.05) is 0 Å². The van der Waals surface area contributed by atoms with Crippen molar-refractivity contribution in [2.45, 2.75) is 51.5 Å². The first-order chi connectivity index (χ1) is 7.27. The molecule has 1 saturated heterocycles. The predicted molar refractivity (Wildman–Crippen MR) is 60.7 cm³/mol. The number of hydrogen-bond donors (Lipinski definition) is 1. The lowest BCUT2D eigenvalue weighted by atomic mass is 9.96. The topological polar surface area (TPSA) is 48.2 Å². The molecule has 1 aliphatic rings. The van der Waals surface area contributed by atoms with Gasteiger partial charge in [0.05, 0.1) is 13.0 Å². The molecular weight excluding hydrogens is 190 g/mol. The number of rotatable bonds is 8. The summed E-state index contributed by atoms with van der Waals surface area (Å²) in [7, 11) is 1.49. The van der Waals surface area contributed by atoms with Gasteiger partial charge < -0.3 is 10.1 Å². The molecule has 0 aliphatic carbocycles. The Kier molecular flexibility index (Phi) is 5.69. The summed E-state index contributed by atoms with van der Waals surface area (Å²) < 4.78 is 4.83. The molecule has 2 unspecified atom stereocenters. The van der Waals surface area contributed by atoms with Crippen LogP contribution in [0.1, 0.15) is 45.4 Å². The Balaban J connectivity index is 2.18. The second-order valence-corrected chi connectivity index (χ2v) is 4.41. The van der Waals surface area contributed by atoms with E-state index in [2.05, 4.69) is 12.2 Å². The number of unbranched alkanes of at least 4 members (excludes halogenated alkanes) is 3. The van der Waals surface area contributed by atoms with E-state index < -0.39 is 0 Å². The van der Waals surface area contributed by atoms with Crippen molar-refractivity contribution >= 4 is 5.97 Å². The Labute approximate surface area is 92.6 Å². The van der Waals surface area contributed by atoms with E-state index in [-0.39, 0.29) is 11.9 Å². The predicted octanol–water partition coefficient (Wildman–Crippen LogP) is 2.11. The fraction of sp³-hybridized carbons (Fsp3) is 0.917. The van der Waals surface area contributed by atoms with E-state index in [4.69, 9.17) is 4.74 Å². The number of carbonyl (C=O) groups is 1. The molecule has 0 radical (unpaired) electrons. The van der Waals surface area contributed by atoms with Crippen LogP contribution >= 0.6 is 0 Å². The van der Waals surface area contributed by atoms with Crippen molar-refractivity contribution in [2.24, 2.45) is 5.92 Å². The maximum Gasteiger partial charge on any atom is 0.308 e. The zero-order valence-electron chi connectivity index (χ0n) is 9.92. The van der Waals surface area contributed by atoms with E-state index in [0.717, 1.165) is 25.8 Å². The Hall–Kier alpha value is -0.570. The number of ether oxygens (including phenoxy) is 1. The molecule has 1 N–H and O–H groups in total. The molecule has 0 aromatic carbocycles. The number of hydrogen-bond acceptors (Lipinski definition) is 3. The van der Waals surface area contributed by atoms with Crippen LogP contribution in [0.25, 0.3) is 0 Å². The summed E-state index contributed by atoms with van der Waals surface area (Å²) >= 11 is 0. The van der Waals surface area contributed by atoms with E-state index in [0.29, 0.717) is 6.04 Å². The molecule has 1 heterocycles. The Morgan fingerprint density at radius 2 is 2.20 bits per heavy atom. The van der Waals surface area contributed by atoms with Gasteiger partial charge in [0.15, 0.2) is 0 Å². The summed E-state index contributed by atoms with van der Waals surface area (Å²) in [6.07, 6.45) is 6.86. The van der Waals surface area contributed by atoms with Crippen molar-refractivity contribution in [3.63, 3.8) is 0 Å². The van der Waals surface area contributed by atoms with Gasteiger partial charge in [-0.3, -0.25) is 4.79 Å². The first-order valence-corrected chi connectivity index (χ1v) is 6.09. The molecule has 3 heteroatoms. The number of nitrogens with one attached hydrogen (secondary N) is 1. The minimum atomic E-state index is -0.0276. The van der Waals surface area contributed by atoms with Gasteiger partial charge in [-0.1, -0.05) is 32.6 Å². The highest BCUT2D eigenvalue weighted by molar-refractivity contribution is 5.72.